The van der Waals surface area contributed by atoms with Crippen LogP contribution in [0.15, 0.2) is 47.3 Å². The van der Waals surface area contributed by atoms with Gasteiger partial charge in [-0.2, -0.15) is 0 Å². The number of hydrogen-bond donors (Lipinski definition) is 2. The monoisotopic (exact) mass is 439 g/mol. The summed E-state index contributed by atoms with van der Waals surface area (Å²) in [5, 5.41) is 3.52. The van der Waals surface area contributed by atoms with Gasteiger partial charge in [-0.05, 0) is 50.0 Å². The third-order valence-corrected chi connectivity index (χ3v) is 5.70. The molecular formula is C23H25N3O4S. The summed E-state index contributed by atoms with van der Waals surface area (Å²) in [6.07, 6.45) is 2.64. The molecule has 0 bridgehead atoms. The molecule has 4 rings (SSSR count). The van der Waals surface area contributed by atoms with E-state index < -0.39 is 0 Å². The lowest BCUT2D eigenvalue weighted by Crippen LogP contribution is -2.33. The number of carbonyl (C=O) groups excluding carboxylic acids is 1. The summed E-state index contributed by atoms with van der Waals surface area (Å²) in [7, 11) is 0. The maximum Gasteiger partial charge on any atom is 0.262 e. The molecule has 0 radical (unpaired) electrons. The molecule has 31 heavy (non-hydrogen) atoms. The summed E-state index contributed by atoms with van der Waals surface area (Å²) in [5.74, 6) is 1.12. The third kappa shape index (κ3) is 4.96. The maximum atomic E-state index is 12.9. The summed E-state index contributed by atoms with van der Waals surface area (Å²) in [5.41, 5.74) is 1.67. The van der Waals surface area contributed by atoms with Crippen LogP contribution >= 0.6 is 12.2 Å². The lowest BCUT2D eigenvalue weighted by atomic mass is 10.1. The summed E-state index contributed by atoms with van der Waals surface area (Å²) in [6.45, 7) is 2.51. The number of hydrogen-bond acceptors (Lipinski definition) is 5. The fourth-order valence-corrected chi connectivity index (χ4v) is 3.97. The molecular weight excluding hydrogens is 414 g/mol. The van der Waals surface area contributed by atoms with Gasteiger partial charge >= 0.3 is 0 Å². The van der Waals surface area contributed by atoms with E-state index >= 15 is 0 Å². The molecule has 2 aromatic carbocycles. The van der Waals surface area contributed by atoms with E-state index in [4.69, 9.17) is 21.7 Å². The van der Waals surface area contributed by atoms with E-state index in [1.54, 1.807) is 12.1 Å². The lowest BCUT2D eigenvalue weighted by Gasteiger charge is -2.14. The number of carbonyl (C=O) groups is 1. The first-order valence-corrected chi connectivity index (χ1v) is 10.8. The second kappa shape index (κ2) is 9.34. The molecule has 1 amide bonds. The number of nitrogens with one attached hydrogen (secondary N) is 2. The summed E-state index contributed by atoms with van der Waals surface area (Å²) in [4.78, 5) is 28.3. The molecule has 0 fully saturated rings. The Balaban J connectivity index is 1.33. The van der Waals surface area contributed by atoms with Crippen LogP contribution in [0, 0.1) is 4.77 Å². The van der Waals surface area contributed by atoms with Gasteiger partial charge in [0.15, 0.2) is 16.3 Å². The molecule has 0 saturated carbocycles. The number of ether oxygens (including phenoxy) is 2. The molecule has 1 aliphatic rings. The van der Waals surface area contributed by atoms with Gasteiger partial charge in [0.1, 0.15) is 0 Å². The third-order valence-electron chi connectivity index (χ3n) is 5.38. The predicted molar refractivity (Wildman–Crippen MR) is 121 cm³/mol. The minimum absolute atomic E-state index is 0.0207. The Bertz CT molecular complexity index is 1200. The smallest absolute Gasteiger partial charge is 0.262 e. The largest absolute Gasteiger partial charge is 0.454 e. The first-order valence-electron chi connectivity index (χ1n) is 10.4. The number of aryl methyl sites for hydroxylation is 1. The van der Waals surface area contributed by atoms with Crippen LogP contribution in [-0.2, 0) is 17.8 Å². The average Bonchev–Trinajstić information content (AvgIpc) is 3.21. The molecule has 0 aliphatic carbocycles. The highest BCUT2D eigenvalue weighted by atomic mass is 32.1. The van der Waals surface area contributed by atoms with Crippen LogP contribution < -0.4 is 20.3 Å². The number of amides is 1. The molecule has 0 saturated heterocycles. The minimum atomic E-state index is -0.200. The van der Waals surface area contributed by atoms with E-state index in [2.05, 4.69) is 22.4 Å². The highest BCUT2D eigenvalue weighted by Crippen LogP contribution is 2.34. The van der Waals surface area contributed by atoms with E-state index in [-0.39, 0.29) is 24.3 Å². The lowest BCUT2D eigenvalue weighted by molar-refractivity contribution is -0.121. The van der Waals surface area contributed by atoms with Crippen molar-refractivity contribution >= 4 is 29.0 Å². The van der Waals surface area contributed by atoms with Crippen LogP contribution in [0.3, 0.4) is 0 Å². The second-order valence-corrected chi connectivity index (χ2v) is 8.12. The van der Waals surface area contributed by atoms with E-state index in [1.807, 2.05) is 25.1 Å². The van der Waals surface area contributed by atoms with Crippen LogP contribution in [0.1, 0.15) is 31.7 Å². The minimum Gasteiger partial charge on any atom is -0.454 e. The van der Waals surface area contributed by atoms with E-state index in [9.17, 15) is 9.59 Å². The predicted octanol–water partition coefficient (Wildman–Crippen LogP) is 3.71. The average molecular weight is 440 g/mol. The Kier molecular flexibility index (Phi) is 6.36. The zero-order chi connectivity index (χ0) is 21.8. The first kappa shape index (κ1) is 21.1. The summed E-state index contributed by atoms with van der Waals surface area (Å²) < 4.78 is 12.5. The zero-order valence-corrected chi connectivity index (χ0v) is 18.2. The Labute approximate surface area is 185 Å². The summed E-state index contributed by atoms with van der Waals surface area (Å²) >= 11 is 5.36. The van der Waals surface area contributed by atoms with Gasteiger partial charge < -0.3 is 19.8 Å². The quantitative estimate of drug-likeness (QED) is 0.523. The Morgan fingerprint density at radius 1 is 1.23 bits per heavy atom. The Hall–Kier alpha value is -3.13. The fourth-order valence-electron chi connectivity index (χ4n) is 3.69. The van der Waals surface area contributed by atoms with Gasteiger partial charge in [0.05, 0.1) is 10.9 Å². The van der Waals surface area contributed by atoms with Crippen LogP contribution in [-0.4, -0.2) is 28.3 Å². The number of benzene rings is 2. The van der Waals surface area contributed by atoms with Crippen LogP contribution in [0.2, 0.25) is 0 Å². The molecule has 2 N–H and O–H groups in total. The van der Waals surface area contributed by atoms with Gasteiger partial charge in [0.2, 0.25) is 12.7 Å². The van der Waals surface area contributed by atoms with Crippen molar-refractivity contribution in [2.45, 2.75) is 45.2 Å². The standard InChI is InChI=1S/C23H25N3O4S/c1-15(9-10-16-6-3-2-4-7-16)24-21(27)8-5-11-26-22(28)17-12-19-20(30-14-29-19)13-18(17)25-23(26)31/h2-4,6-7,12-13,15H,5,8-11,14H2,1H3,(H,24,27)(H,25,31)/t15-/m0/s1. The van der Waals surface area contributed by atoms with Gasteiger partial charge in [0, 0.05) is 25.1 Å². The number of H-pyrrole nitrogens is 1. The van der Waals surface area contributed by atoms with Crippen LogP contribution in [0.5, 0.6) is 11.5 Å². The van der Waals surface area contributed by atoms with Crippen molar-refractivity contribution in [3.05, 3.63) is 63.2 Å². The van der Waals surface area contributed by atoms with Crippen molar-refractivity contribution < 1.29 is 14.3 Å². The normalized spacial score (nSPS) is 13.3. The molecule has 162 valence electrons. The van der Waals surface area contributed by atoms with Gasteiger partial charge in [-0.3, -0.25) is 14.2 Å². The van der Waals surface area contributed by atoms with E-state index in [0.29, 0.717) is 46.6 Å². The maximum absolute atomic E-state index is 12.9. The van der Waals surface area contributed by atoms with Crippen LogP contribution in [0.25, 0.3) is 10.9 Å². The van der Waals surface area contributed by atoms with Gasteiger partial charge in [-0.25, -0.2) is 0 Å². The van der Waals surface area contributed by atoms with Gasteiger partial charge in [0.25, 0.3) is 5.56 Å². The van der Waals surface area contributed by atoms with Crippen molar-refractivity contribution in [1.29, 1.82) is 0 Å². The number of nitrogens with zero attached hydrogens (tertiary/aromatic N) is 1. The molecule has 8 heteroatoms. The zero-order valence-electron chi connectivity index (χ0n) is 17.3. The number of aromatic amines is 1. The first-order chi connectivity index (χ1) is 15.0. The van der Waals surface area contributed by atoms with Crippen molar-refractivity contribution in [2.24, 2.45) is 0 Å². The molecule has 1 aliphatic heterocycles. The fraction of sp³-hybridized carbons (Fsp3) is 0.348. The molecule has 1 aromatic heterocycles. The van der Waals surface area contributed by atoms with Crippen LogP contribution in [0.4, 0.5) is 0 Å². The molecule has 7 nitrogen and oxygen atoms in total. The summed E-state index contributed by atoms with van der Waals surface area (Å²) in [6, 6.07) is 13.7. The molecule has 3 aromatic rings. The van der Waals surface area contributed by atoms with Crippen molar-refractivity contribution in [3.63, 3.8) is 0 Å². The van der Waals surface area contributed by atoms with E-state index in [0.717, 1.165) is 12.8 Å². The number of rotatable bonds is 8. The number of aromatic nitrogens is 2. The topological polar surface area (TPSA) is 85.4 Å². The second-order valence-electron chi connectivity index (χ2n) is 7.73. The Morgan fingerprint density at radius 2 is 1.97 bits per heavy atom. The molecule has 1 atom stereocenters. The van der Waals surface area contributed by atoms with Gasteiger partial charge in [-0.1, -0.05) is 30.3 Å². The van der Waals surface area contributed by atoms with Gasteiger partial charge in [-0.15, -0.1) is 0 Å². The molecule has 0 spiro atoms. The molecule has 2 heterocycles. The molecule has 0 unspecified atom stereocenters. The Morgan fingerprint density at radius 3 is 2.74 bits per heavy atom. The van der Waals surface area contributed by atoms with Crippen molar-refractivity contribution in [1.82, 2.24) is 14.9 Å². The number of fused-ring (bicyclic) bond motifs is 2. The van der Waals surface area contributed by atoms with Crippen molar-refractivity contribution in [3.8, 4) is 11.5 Å². The van der Waals surface area contributed by atoms with Crippen molar-refractivity contribution in [2.75, 3.05) is 6.79 Å². The SMILES string of the molecule is C[C@@H](CCc1ccccc1)NC(=O)CCCn1c(=S)[nH]c2cc3c(cc2c1=O)OCO3. The highest BCUT2D eigenvalue weighted by molar-refractivity contribution is 7.71. The highest BCUT2D eigenvalue weighted by Gasteiger charge is 2.17. The van der Waals surface area contributed by atoms with E-state index in [1.165, 1.54) is 10.1 Å².